The second kappa shape index (κ2) is 7.86. The highest BCUT2D eigenvalue weighted by Gasteiger charge is 2.38. The van der Waals surface area contributed by atoms with Crippen molar-refractivity contribution in [3.8, 4) is 5.75 Å². The van der Waals surface area contributed by atoms with E-state index in [0.717, 1.165) is 38.1 Å². The fraction of sp³-hybridized carbons (Fsp3) is 0.526. The van der Waals surface area contributed by atoms with E-state index in [2.05, 4.69) is 4.90 Å². The van der Waals surface area contributed by atoms with Crippen LogP contribution in [0.4, 0.5) is 0 Å². The number of ketones is 1. The van der Waals surface area contributed by atoms with Crippen molar-refractivity contribution in [2.75, 3.05) is 33.3 Å². The van der Waals surface area contributed by atoms with Crippen LogP contribution < -0.4 is 10.5 Å². The zero-order valence-corrected chi connectivity index (χ0v) is 15.1. The lowest BCUT2D eigenvalue weighted by Crippen LogP contribution is -2.47. The fourth-order valence-electron chi connectivity index (χ4n) is 3.89. The summed E-state index contributed by atoms with van der Waals surface area (Å²) in [4.78, 5) is 29.0. The van der Waals surface area contributed by atoms with Crippen molar-refractivity contribution >= 4 is 17.5 Å². The lowest BCUT2D eigenvalue weighted by Gasteiger charge is -2.34. The van der Waals surface area contributed by atoms with Crippen LogP contribution in [0.5, 0.6) is 5.75 Å². The van der Waals surface area contributed by atoms with Gasteiger partial charge in [0.25, 0.3) is 0 Å². The summed E-state index contributed by atoms with van der Waals surface area (Å²) in [5, 5.41) is 7.37. The zero-order chi connectivity index (χ0) is 18.7. The Morgan fingerprint density at radius 1 is 1.19 bits per heavy atom. The molecule has 2 heterocycles. The lowest BCUT2D eigenvalue weighted by molar-refractivity contribution is -0.131. The number of amidine groups is 1. The average Bonchev–Trinajstić information content (AvgIpc) is 3.01. The van der Waals surface area contributed by atoms with Crippen LogP contribution in [-0.2, 0) is 4.79 Å². The largest absolute Gasteiger partial charge is 0.497 e. The van der Waals surface area contributed by atoms with Crippen molar-refractivity contribution < 1.29 is 14.3 Å². The molecule has 0 radical (unpaired) electrons. The van der Waals surface area contributed by atoms with Crippen LogP contribution in [0.1, 0.15) is 29.6 Å². The van der Waals surface area contributed by atoms with Crippen LogP contribution in [0.2, 0.25) is 0 Å². The van der Waals surface area contributed by atoms with Gasteiger partial charge in [0.15, 0.2) is 5.78 Å². The summed E-state index contributed by atoms with van der Waals surface area (Å²) in [6.45, 7) is 2.35. The first-order valence-electron chi connectivity index (χ1n) is 9.03. The normalized spacial score (nSPS) is 21.8. The molecule has 2 aliphatic rings. The Kier molecular flexibility index (Phi) is 5.56. The van der Waals surface area contributed by atoms with Gasteiger partial charge >= 0.3 is 0 Å². The van der Waals surface area contributed by atoms with Crippen molar-refractivity contribution in [1.29, 1.82) is 5.41 Å². The molecule has 1 amide bonds. The molecule has 0 saturated carbocycles. The van der Waals surface area contributed by atoms with Gasteiger partial charge in [-0.05, 0) is 56.6 Å². The molecule has 1 aromatic carbocycles. The number of hydrogen-bond donors (Lipinski definition) is 2. The molecule has 26 heavy (non-hydrogen) atoms. The number of carbonyl (C=O) groups excluding carboxylic acids is 2. The first-order chi connectivity index (χ1) is 12.5. The third-order valence-electron chi connectivity index (χ3n) is 5.35. The smallest absolute Gasteiger partial charge is 0.240 e. The minimum Gasteiger partial charge on any atom is -0.497 e. The van der Waals surface area contributed by atoms with Gasteiger partial charge in [0.05, 0.1) is 19.7 Å². The topological polar surface area (TPSA) is 99.7 Å². The number of amides is 1. The van der Waals surface area contributed by atoms with E-state index in [1.165, 1.54) is 0 Å². The standard InChI is InChI=1S/C19H26N4O3/c1-26-15-4-2-13(3-5-15)18(24)14-6-9-22(10-7-14)16-8-11-23(19(16)25)12-17(20)21/h2-5,14,16H,6-12H2,1H3,(H3,20,21). The van der Waals surface area contributed by atoms with E-state index in [-0.39, 0.29) is 36.0 Å². The average molecular weight is 358 g/mol. The monoisotopic (exact) mass is 358 g/mol. The Morgan fingerprint density at radius 3 is 2.42 bits per heavy atom. The van der Waals surface area contributed by atoms with Gasteiger partial charge in [-0.15, -0.1) is 0 Å². The van der Waals surface area contributed by atoms with Gasteiger partial charge in [-0.25, -0.2) is 0 Å². The summed E-state index contributed by atoms with van der Waals surface area (Å²) >= 11 is 0. The molecular formula is C19H26N4O3. The van der Waals surface area contributed by atoms with E-state index in [4.69, 9.17) is 15.9 Å². The number of ether oxygens (including phenoxy) is 1. The highest BCUT2D eigenvalue weighted by atomic mass is 16.5. The van der Waals surface area contributed by atoms with Crippen LogP contribution >= 0.6 is 0 Å². The number of nitrogens with one attached hydrogen (secondary N) is 1. The van der Waals surface area contributed by atoms with Gasteiger partial charge in [-0.1, -0.05) is 0 Å². The fourth-order valence-corrected chi connectivity index (χ4v) is 3.89. The maximum Gasteiger partial charge on any atom is 0.240 e. The molecule has 7 heteroatoms. The molecule has 2 fully saturated rings. The zero-order valence-electron chi connectivity index (χ0n) is 15.1. The summed E-state index contributed by atoms with van der Waals surface area (Å²) < 4.78 is 5.13. The first-order valence-corrected chi connectivity index (χ1v) is 9.03. The Morgan fingerprint density at radius 2 is 1.85 bits per heavy atom. The molecule has 2 saturated heterocycles. The molecule has 0 bridgehead atoms. The number of hydrogen-bond acceptors (Lipinski definition) is 5. The number of piperidine rings is 1. The Labute approximate surface area is 153 Å². The van der Waals surface area contributed by atoms with Crippen molar-refractivity contribution in [2.45, 2.75) is 25.3 Å². The Bertz CT molecular complexity index is 681. The van der Waals surface area contributed by atoms with Crippen molar-refractivity contribution in [1.82, 2.24) is 9.80 Å². The molecule has 1 aromatic rings. The minimum absolute atomic E-state index is 0.00414. The van der Waals surface area contributed by atoms with E-state index in [9.17, 15) is 9.59 Å². The van der Waals surface area contributed by atoms with Gasteiger partial charge in [0.2, 0.25) is 5.91 Å². The number of carbonyl (C=O) groups is 2. The lowest BCUT2D eigenvalue weighted by atomic mass is 9.88. The third kappa shape index (κ3) is 3.88. The third-order valence-corrected chi connectivity index (χ3v) is 5.35. The van der Waals surface area contributed by atoms with E-state index in [1.54, 1.807) is 12.0 Å². The van der Waals surface area contributed by atoms with Crippen LogP contribution in [0.3, 0.4) is 0 Å². The number of nitrogens with two attached hydrogens (primary N) is 1. The highest BCUT2D eigenvalue weighted by Crippen LogP contribution is 2.27. The second-order valence-corrected chi connectivity index (χ2v) is 6.99. The van der Waals surface area contributed by atoms with Gasteiger partial charge in [-0.2, -0.15) is 0 Å². The highest BCUT2D eigenvalue weighted by molar-refractivity contribution is 5.98. The molecule has 1 unspecified atom stereocenters. The first kappa shape index (κ1) is 18.4. The van der Waals surface area contributed by atoms with Crippen molar-refractivity contribution in [3.63, 3.8) is 0 Å². The van der Waals surface area contributed by atoms with Crippen LogP contribution in [0.25, 0.3) is 0 Å². The van der Waals surface area contributed by atoms with Crippen LogP contribution in [0, 0.1) is 11.3 Å². The molecular weight excluding hydrogens is 332 g/mol. The summed E-state index contributed by atoms with van der Waals surface area (Å²) in [6, 6.07) is 7.11. The number of Topliss-reactive ketones (excluding diaryl/α,β-unsaturated/α-hetero) is 1. The van der Waals surface area contributed by atoms with Gasteiger partial charge in [0.1, 0.15) is 11.6 Å². The molecule has 3 rings (SSSR count). The molecule has 0 spiro atoms. The Balaban J connectivity index is 1.54. The molecule has 3 N–H and O–H groups in total. The SMILES string of the molecule is COc1ccc(C(=O)C2CCN(C3CCN(CC(=N)N)C3=O)CC2)cc1. The molecule has 140 valence electrons. The number of likely N-dealkylation sites (tertiary alicyclic amines) is 2. The van der Waals surface area contributed by atoms with E-state index in [0.29, 0.717) is 12.1 Å². The van der Waals surface area contributed by atoms with E-state index >= 15 is 0 Å². The predicted octanol–water partition coefficient (Wildman–Crippen LogP) is 1.13. The number of benzene rings is 1. The van der Waals surface area contributed by atoms with Crippen molar-refractivity contribution in [2.24, 2.45) is 11.7 Å². The molecule has 0 aliphatic carbocycles. The predicted molar refractivity (Wildman–Crippen MR) is 98.5 cm³/mol. The number of methoxy groups -OCH3 is 1. The van der Waals surface area contributed by atoms with Gasteiger partial charge in [0, 0.05) is 18.0 Å². The number of rotatable bonds is 6. The van der Waals surface area contributed by atoms with E-state index < -0.39 is 0 Å². The summed E-state index contributed by atoms with van der Waals surface area (Å²) in [5.41, 5.74) is 6.13. The quantitative estimate of drug-likeness (QED) is 0.451. The molecule has 2 aliphatic heterocycles. The second-order valence-electron chi connectivity index (χ2n) is 6.99. The minimum atomic E-state index is -0.133. The Hall–Kier alpha value is -2.41. The molecule has 0 aromatic heterocycles. The van der Waals surface area contributed by atoms with Crippen molar-refractivity contribution in [3.05, 3.63) is 29.8 Å². The molecule has 7 nitrogen and oxygen atoms in total. The van der Waals surface area contributed by atoms with Gasteiger partial charge in [-0.3, -0.25) is 19.9 Å². The maximum atomic E-state index is 12.7. The number of nitrogens with zero attached hydrogens (tertiary/aromatic N) is 2. The van der Waals surface area contributed by atoms with Crippen LogP contribution in [-0.4, -0.2) is 66.7 Å². The maximum absolute atomic E-state index is 12.7. The molecule has 1 atom stereocenters. The summed E-state index contributed by atoms with van der Waals surface area (Å²) in [7, 11) is 1.61. The summed E-state index contributed by atoms with van der Waals surface area (Å²) in [6.07, 6.45) is 2.30. The van der Waals surface area contributed by atoms with E-state index in [1.807, 2.05) is 24.3 Å². The summed E-state index contributed by atoms with van der Waals surface area (Å²) in [5.74, 6) is 0.988. The van der Waals surface area contributed by atoms with Crippen LogP contribution in [0.15, 0.2) is 24.3 Å². The van der Waals surface area contributed by atoms with Gasteiger partial charge < -0.3 is 15.4 Å².